The lowest BCUT2D eigenvalue weighted by Crippen LogP contribution is -2.30. The SMILES string of the molecule is CC(C)(C)S(=O)(=O)CCC#N. The molecule has 0 radical (unpaired) electrons. The third kappa shape index (κ3) is 2.89. The Kier molecular flexibility index (Phi) is 3.06. The van der Waals surface area contributed by atoms with Crippen LogP contribution in [0, 0.1) is 11.3 Å². The fraction of sp³-hybridized carbons (Fsp3) is 0.857. The van der Waals surface area contributed by atoms with Gasteiger partial charge in [-0.1, -0.05) is 0 Å². The number of hydrogen-bond acceptors (Lipinski definition) is 3. The van der Waals surface area contributed by atoms with Gasteiger partial charge in [-0.3, -0.25) is 0 Å². The van der Waals surface area contributed by atoms with Crippen molar-refractivity contribution in [3.05, 3.63) is 0 Å². The minimum Gasteiger partial charge on any atom is -0.228 e. The van der Waals surface area contributed by atoms with Crippen molar-refractivity contribution in [2.24, 2.45) is 0 Å². The molecular weight excluding hydrogens is 162 g/mol. The predicted molar refractivity (Wildman–Crippen MR) is 43.8 cm³/mol. The number of nitriles is 1. The van der Waals surface area contributed by atoms with E-state index in [1.807, 2.05) is 6.07 Å². The van der Waals surface area contributed by atoms with E-state index in [4.69, 9.17) is 5.26 Å². The molecule has 3 nitrogen and oxygen atoms in total. The van der Waals surface area contributed by atoms with Gasteiger partial charge in [0.25, 0.3) is 0 Å². The molecule has 0 fully saturated rings. The molecule has 0 bridgehead atoms. The molecule has 0 aliphatic rings. The largest absolute Gasteiger partial charge is 0.228 e. The van der Waals surface area contributed by atoms with Gasteiger partial charge >= 0.3 is 0 Å². The highest BCUT2D eigenvalue weighted by Crippen LogP contribution is 2.16. The van der Waals surface area contributed by atoms with E-state index in [1.165, 1.54) is 0 Å². The van der Waals surface area contributed by atoms with Gasteiger partial charge in [0, 0.05) is 6.42 Å². The lowest BCUT2D eigenvalue weighted by Gasteiger charge is -2.17. The van der Waals surface area contributed by atoms with Crippen LogP contribution in [0.2, 0.25) is 0 Å². The van der Waals surface area contributed by atoms with E-state index in [1.54, 1.807) is 20.8 Å². The summed E-state index contributed by atoms with van der Waals surface area (Å²) in [5.41, 5.74) is 0. The smallest absolute Gasteiger partial charge is 0.156 e. The zero-order valence-corrected chi connectivity index (χ0v) is 7.90. The summed E-state index contributed by atoms with van der Waals surface area (Å²) in [5.74, 6) is -0.0347. The molecule has 4 heteroatoms. The molecule has 0 amide bonds. The Labute approximate surface area is 67.9 Å². The molecule has 0 rings (SSSR count). The quantitative estimate of drug-likeness (QED) is 0.631. The molecule has 0 saturated carbocycles. The molecule has 0 aromatic carbocycles. The molecule has 0 aliphatic carbocycles. The van der Waals surface area contributed by atoms with Crippen molar-refractivity contribution >= 4 is 9.84 Å². The molecule has 0 heterocycles. The van der Waals surface area contributed by atoms with E-state index in [-0.39, 0.29) is 12.2 Å². The van der Waals surface area contributed by atoms with Crippen molar-refractivity contribution in [1.29, 1.82) is 5.26 Å². The maximum absolute atomic E-state index is 11.3. The summed E-state index contributed by atoms with van der Waals surface area (Å²) >= 11 is 0. The van der Waals surface area contributed by atoms with Crippen molar-refractivity contribution < 1.29 is 8.42 Å². The molecule has 0 atom stereocenters. The average molecular weight is 175 g/mol. The molecule has 0 saturated heterocycles. The molecule has 0 aromatic heterocycles. The van der Waals surface area contributed by atoms with Gasteiger partial charge in [-0.05, 0) is 20.8 Å². The van der Waals surface area contributed by atoms with Crippen LogP contribution in [0.4, 0.5) is 0 Å². The van der Waals surface area contributed by atoms with Gasteiger partial charge in [-0.15, -0.1) is 0 Å². The van der Waals surface area contributed by atoms with E-state index >= 15 is 0 Å². The molecule has 64 valence electrons. The topological polar surface area (TPSA) is 57.9 Å². The molecule has 0 aromatic rings. The lowest BCUT2D eigenvalue weighted by atomic mass is 10.3. The number of sulfone groups is 1. The summed E-state index contributed by atoms with van der Waals surface area (Å²) in [4.78, 5) is 0. The molecule has 0 spiro atoms. The monoisotopic (exact) mass is 175 g/mol. The summed E-state index contributed by atoms with van der Waals surface area (Å²) in [6.07, 6.45) is 0.0829. The Hall–Kier alpha value is -0.560. The van der Waals surface area contributed by atoms with E-state index in [0.29, 0.717) is 0 Å². The Balaban J connectivity index is 4.41. The van der Waals surface area contributed by atoms with Crippen LogP contribution in [-0.2, 0) is 9.84 Å². The van der Waals surface area contributed by atoms with E-state index in [2.05, 4.69) is 0 Å². The van der Waals surface area contributed by atoms with Crippen LogP contribution in [0.5, 0.6) is 0 Å². The first kappa shape index (κ1) is 10.4. The Morgan fingerprint density at radius 1 is 1.36 bits per heavy atom. The minimum absolute atomic E-state index is 0.0347. The van der Waals surface area contributed by atoms with Crippen LogP contribution in [0.15, 0.2) is 0 Å². The maximum Gasteiger partial charge on any atom is 0.156 e. The summed E-state index contributed by atoms with van der Waals surface area (Å²) in [6, 6.07) is 1.82. The number of nitrogens with zero attached hydrogens (tertiary/aromatic N) is 1. The minimum atomic E-state index is -3.08. The van der Waals surface area contributed by atoms with Gasteiger partial charge in [0.05, 0.1) is 16.6 Å². The predicted octanol–water partition coefficient (Wildman–Crippen LogP) is 1.11. The van der Waals surface area contributed by atoms with Gasteiger partial charge < -0.3 is 0 Å². The van der Waals surface area contributed by atoms with Crippen LogP contribution in [0.1, 0.15) is 27.2 Å². The fourth-order valence-corrected chi connectivity index (χ4v) is 1.46. The zero-order valence-electron chi connectivity index (χ0n) is 7.09. The highest BCUT2D eigenvalue weighted by molar-refractivity contribution is 7.92. The summed E-state index contributed by atoms with van der Waals surface area (Å²) in [7, 11) is -3.08. The van der Waals surface area contributed by atoms with Gasteiger partial charge in [-0.2, -0.15) is 5.26 Å². The first-order chi connectivity index (χ1) is 4.81. The van der Waals surface area contributed by atoms with Crippen LogP contribution in [-0.4, -0.2) is 18.9 Å². The third-order valence-corrected chi connectivity index (χ3v) is 4.02. The normalized spacial score (nSPS) is 12.5. The summed E-state index contributed by atoms with van der Waals surface area (Å²) < 4.78 is 21.8. The second kappa shape index (κ2) is 3.22. The second-order valence-corrected chi connectivity index (χ2v) is 6.20. The first-order valence-corrected chi connectivity index (χ1v) is 5.06. The van der Waals surface area contributed by atoms with Crippen LogP contribution in [0.3, 0.4) is 0 Å². The lowest BCUT2D eigenvalue weighted by molar-refractivity contribution is 0.560. The highest BCUT2D eigenvalue weighted by atomic mass is 32.2. The van der Waals surface area contributed by atoms with Crippen molar-refractivity contribution in [1.82, 2.24) is 0 Å². The molecule has 11 heavy (non-hydrogen) atoms. The molecule has 0 unspecified atom stereocenters. The fourth-order valence-electron chi connectivity index (χ4n) is 0.486. The Morgan fingerprint density at radius 3 is 2.09 bits per heavy atom. The van der Waals surface area contributed by atoms with Gasteiger partial charge in [0.2, 0.25) is 0 Å². The van der Waals surface area contributed by atoms with Gasteiger partial charge in [-0.25, -0.2) is 8.42 Å². The summed E-state index contributed by atoms with van der Waals surface area (Å²) in [5, 5.41) is 8.18. The maximum atomic E-state index is 11.3. The van der Waals surface area contributed by atoms with E-state index < -0.39 is 14.6 Å². The van der Waals surface area contributed by atoms with Crippen molar-refractivity contribution in [3.8, 4) is 6.07 Å². The molecule has 0 N–H and O–H groups in total. The van der Waals surface area contributed by atoms with Crippen molar-refractivity contribution in [3.63, 3.8) is 0 Å². The standard InChI is InChI=1S/C7H13NO2S/c1-7(2,3)11(9,10)6-4-5-8/h4,6H2,1-3H3. The Morgan fingerprint density at radius 2 is 1.82 bits per heavy atom. The zero-order chi connectivity index (χ0) is 9.12. The first-order valence-electron chi connectivity index (χ1n) is 3.40. The average Bonchev–Trinajstić information content (AvgIpc) is 1.81. The third-order valence-electron chi connectivity index (χ3n) is 1.42. The van der Waals surface area contributed by atoms with Crippen LogP contribution >= 0.6 is 0 Å². The second-order valence-electron chi connectivity index (χ2n) is 3.34. The van der Waals surface area contributed by atoms with Gasteiger partial charge in [0.1, 0.15) is 0 Å². The summed E-state index contributed by atoms with van der Waals surface area (Å²) in [6.45, 7) is 4.92. The highest BCUT2D eigenvalue weighted by Gasteiger charge is 2.27. The van der Waals surface area contributed by atoms with E-state index in [9.17, 15) is 8.42 Å². The van der Waals surface area contributed by atoms with Crippen molar-refractivity contribution in [2.45, 2.75) is 31.9 Å². The van der Waals surface area contributed by atoms with Crippen LogP contribution in [0.25, 0.3) is 0 Å². The number of hydrogen-bond donors (Lipinski definition) is 0. The molecule has 0 aliphatic heterocycles. The van der Waals surface area contributed by atoms with Crippen LogP contribution < -0.4 is 0 Å². The van der Waals surface area contributed by atoms with Gasteiger partial charge in [0.15, 0.2) is 9.84 Å². The van der Waals surface area contributed by atoms with E-state index in [0.717, 1.165) is 0 Å². The number of rotatable bonds is 2. The van der Waals surface area contributed by atoms with Crippen molar-refractivity contribution in [2.75, 3.05) is 5.75 Å². The molecular formula is C7H13NO2S. The Bertz CT molecular complexity index is 253.